The lowest BCUT2D eigenvalue weighted by Crippen LogP contribution is -1.96. The number of aromatic nitrogens is 2. The first kappa shape index (κ1) is 13.0. The molecule has 0 radical (unpaired) electrons. The van der Waals surface area contributed by atoms with E-state index in [1.54, 1.807) is 0 Å². The number of pyridine rings is 1. The molecule has 3 heterocycles. The zero-order valence-electron chi connectivity index (χ0n) is 13.5. The van der Waals surface area contributed by atoms with Gasteiger partial charge in [0.15, 0.2) is 0 Å². The second-order valence-electron chi connectivity index (χ2n) is 6.47. The Morgan fingerprint density at radius 3 is 2.32 bits per heavy atom. The lowest BCUT2D eigenvalue weighted by molar-refractivity contribution is 1.15. The largest absolute Gasteiger partial charge is 0.306 e. The molecular formula is C23H14N2. The van der Waals surface area contributed by atoms with Gasteiger partial charge in [-0.3, -0.25) is 4.98 Å². The highest BCUT2D eigenvalue weighted by Gasteiger charge is 2.24. The van der Waals surface area contributed by atoms with Crippen molar-refractivity contribution in [3.8, 4) is 28.1 Å². The SMILES string of the molecule is c1ccc2c(c1)-c1ncccc1-n1c3ccccc3c3cccc-2c31. The Balaban J connectivity index is 1.99. The van der Waals surface area contributed by atoms with Gasteiger partial charge in [0.05, 0.1) is 22.4 Å². The van der Waals surface area contributed by atoms with E-state index in [-0.39, 0.29) is 0 Å². The number of benzene rings is 3. The highest BCUT2D eigenvalue weighted by atomic mass is 15.0. The molecule has 2 nitrogen and oxygen atoms in total. The Labute approximate surface area is 145 Å². The number of hydrogen-bond donors (Lipinski definition) is 0. The van der Waals surface area contributed by atoms with Crippen LogP contribution in [0.2, 0.25) is 0 Å². The molecule has 0 N–H and O–H groups in total. The molecule has 0 atom stereocenters. The fourth-order valence-electron chi connectivity index (χ4n) is 4.20. The van der Waals surface area contributed by atoms with Gasteiger partial charge in [-0.15, -0.1) is 0 Å². The molecule has 0 saturated carbocycles. The van der Waals surface area contributed by atoms with Crippen LogP contribution in [-0.2, 0) is 0 Å². The van der Waals surface area contributed by atoms with Crippen LogP contribution >= 0.6 is 0 Å². The zero-order chi connectivity index (χ0) is 16.4. The second-order valence-corrected chi connectivity index (χ2v) is 6.47. The highest BCUT2D eigenvalue weighted by Crippen LogP contribution is 2.45. The molecule has 0 aliphatic carbocycles. The van der Waals surface area contributed by atoms with Gasteiger partial charge in [-0.05, 0) is 23.8 Å². The second kappa shape index (κ2) is 4.58. The summed E-state index contributed by atoms with van der Waals surface area (Å²) >= 11 is 0. The average molecular weight is 318 g/mol. The molecule has 0 saturated heterocycles. The molecule has 3 aromatic carbocycles. The van der Waals surface area contributed by atoms with E-state index in [9.17, 15) is 0 Å². The van der Waals surface area contributed by atoms with Crippen molar-refractivity contribution >= 4 is 21.8 Å². The number of fused-ring (bicyclic) bond motifs is 8. The predicted molar refractivity (Wildman–Crippen MR) is 103 cm³/mol. The quantitative estimate of drug-likeness (QED) is 0.345. The summed E-state index contributed by atoms with van der Waals surface area (Å²) in [5.74, 6) is 0. The van der Waals surface area contributed by atoms with Crippen molar-refractivity contribution in [2.45, 2.75) is 0 Å². The smallest absolute Gasteiger partial charge is 0.0948 e. The van der Waals surface area contributed by atoms with E-state index < -0.39 is 0 Å². The molecule has 116 valence electrons. The number of para-hydroxylation sites is 2. The van der Waals surface area contributed by atoms with Gasteiger partial charge in [0.2, 0.25) is 0 Å². The minimum Gasteiger partial charge on any atom is -0.306 e. The molecule has 0 unspecified atom stereocenters. The van der Waals surface area contributed by atoms with Crippen LogP contribution in [0.5, 0.6) is 0 Å². The Morgan fingerprint density at radius 1 is 0.600 bits per heavy atom. The minimum atomic E-state index is 1.04. The van der Waals surface area contributed by atoms with Gasteiger partial charge in [-0.1, -0.05) is 60.7 Å². The first-order valence-corrected chi connectivity index (χ1v) is 8.51. The Morgan fingerprint density at radius 2 is 1.36 bits per heavy atom. The van der Waals surface area contributed by atoms with E-state index in [0.29, 0.717) is 0 Å². The summed E-state index contributed by atoms with van der Waals surface area (Å²) in [6.07, 6.45) is 1.88. The summed E-state index contributed by atoms with van der Waals surface area (Å²) in [5.41, 5.74) is 8.38. The number of nitrogens with zero attached hydrogens (tertiary/aromatic N) is 2. The number of rotatable bonds is 0. The fourth-order valence-corrected chi connectivity index (χ4v) is 4.20. The van der Waals surface area contributed by atoms with Gasteiger partial charge < -0.3 is 4.57 Å². The maximum Gasteiger partial charge on any atom is 0.0948 e. The van der Waals surface area contributed by atoms with Crippen molar-refractivity contribution in [1.82, 2.24) is 9.55 Å². The van der Waals surface area contributed by atoms with Crippen molar-refractivity contribution in [2.24, 2.45) is 0 Å². The Kier molecular flexibility index (Phi) is 2.37. The highest BCUT2D eigenvalue weighted by molar-refractivity contribution is 6.16. The third-order valence-corrected chi connectivity index (χ3v) is 5.19. The van der Waals surface area contributed by atoms with E-state index in [4.69, 9.17) is 4.98 Å². The van der Waals surface area contributed by atoms with Crippen LogP contribution < -0.4 is 0 Å². The lowest BCUT2D eigenvalue weighted by atomic mass is 9.96. The molecule has 0 bridgehead atoms. The standard InChI is InChI=1S/C23H14N2/c1-2-9-17-15(7-1)18-10-5-11-19-16-8-3-4-12-20(16)25(23(18)19)21-13-6-14-24-22(17)21/h1-14H. The maximum absolute atomic E-state index is 4.76. The van der Waals surface area contributed by atoms with Gasteiger partial charge in [0.1, 0.15) is 0 Å². The molecule has 0 amide bonds. The molecule has 5 aromatic rings. The summed E-state index contributed by atoms with van der Waals surface area (Å²) in [6.45, 7) is 0. The predicted octanol–water partition coefficient (Wildman–Crippen LogP) is 5.83. The maximum atomic E-state index is 4.76. The monoisotopic (exact) mass is 318 g/mol. The van der Waals surface area contributed by atoms with Crippen LogP contribution in [0.4, 0.5) is 0 Å². The molecule has 1 aliphatic heterocycles. The molecule has 2 heteroatoms. The molecule has 25 heavy (non-hydrogen) atoms. The topological polar surface area (TPSA) is 17.8 Å². The first-order valence-electron chi connectivity index (χ1n) is 8.51. The van der Waals surface area contributed by atoms with Crippen LogP contribution in [0.15, 0.2) is 85.1 Å². The molecule has 2 aromatic heterocycles. The van der Waals surface area contributed by atoms with E-state index in [1.807, 2.05) is 12.3 Å². The Hall–Kier alpha value is -3.39. The van der Waals surface area contributed by atoms with Gasteiger partial charge in [0, 0.05) is 28.1 Å². The lowest BCUT2D eigenvalue weighted by Gasteiger charge is -2.10. The van der Waals surface area contributed by atoms with Crippen LogP contribution in [0.25, 0.3) is 49.9 Å². The van der Waals surface area contributed by atoms with Crippen LogP contribution in [-0.4, -0.2) is 9.55 Å². The fraction of sp³-hybridized carbons (Fsp3) is 0. The number of hydrogen-bond acceptors (Lipinski definition) is 1. The summed E-state index contributed by atoms with van der Waals surface area (Å²) in [7, 11) is 0. The van der Waals surface area contributed by atoms with E-state index in [1.165, 1.54) is 38.5 Å². The van der Waals surface area contributed by atoms with Crippen molar-refractivity contribution in [3.63, 3.8) is 0 Å². The van der Waals surface area contributed by atoms with Crippen molar-refractivity contribution in [1.29, 1.82) is 0 Å². The summed E-state index contributed by atoms with van der Waals surface area (Å²) < 4.78 is 2.38. The van der Waals surface area contributed by atoms with E-state index >= 15 is 0 Å². The summed E-state index contributed by atoms with van der Waals surface area (Å²) in [4.78, 5) is 4.76. The van der Waals surface area contributed by atoms with Gasteiger partial charge >= 0.3 is 0 Å². The third kappa shape index (κ3) is 1.56. The van der Waals surface area contributed by atoms with Crippen LogP contribution in [0, 0.1) is 0 Å². The normalized spacial score (nSPS) is 12.0. The first-order chi connectivity index (χ1) is 12.4. The van der Waals surface area contributed by atoms with Gasteiger partial charge in [-0.25, -0.2) is 0 Å². The molecule has 0 fully saturated rings. The average Bonchev–Trinajstić information content (AvgIpc) is 2.96. The third-order valence-electron chi connectivity index (χ3n) is 5.19. The minimum absolute atomic E-state index is 1.04. The van der Waals surface area contributed by atoms with Crippen molar-refractivity contribution in [2.75, 3.05) is 0 Å². The molecule has 6 rings (SSSR count). The molecular weight excluding hydrogens is 304 g/mol. The van der Waals surface area contributed by atoms with E-state index in [0.717, 1.165) is 11.4 Å². The Bertz CT molecular complexity index is 1290. The molecule has 0 spiro atoms. The summed E-state index contributed by atoms with van der Waals surface area (Å²) in [6, 6.07) is 28.0. The molecule has 1 aliphatic rings. The van der Waals surface area contributed by atoms with Gasteiger partial charge in [0.25, 0.3) is 0 Å². The summed E-state index contributed by atoms with van der Waals surface area (Å²) in [5, 5.41) is 2.58. The van der Waals surface area contributed by atoms with Crippen molar-refractivity contribution < 1.29 is 0 Å². The van der Waals surface area contributed by atoms with Crippen LogP contribution in [0.3, 0.4) is 0 Å². The van der Waals surface area contributed by atoms with Crippen molar-refractivity contribution in [3.05, 3.63) is 85.1 Å². The van der Waals surface area contributed by atoms with Crippen LogP contribution in [0.1, 0.15) is 0 Å². The van der Waals surface area contributed by atoms with E-state index in [2.05, 4.69) is 77.4 Å². The zero-order valence-corrected chi connectivity index (χ0v) is 13.5. The van der Waals surface area contributed by atoms with Gasteiger partial charge in [-0.2, -0.15) is 0 Å².